The fraction of sp³-hybridized carbons (Fsp3) is 0.385. The molecule has 0 unspecified atom stereocenters. The molecule has 0 amide bonds. The van der Waals surface area contributed by atoms with Crippen LogP contribution in [0.4, 0.5) is 0 Å². The Morgan fingerprint density at radius 1 is 1.61 bits per heavy atom. The summed E-state index contributed by atoms with van der Waals surface area (Å²) in [7, 11) is -1.32. The fourth-order valence-corrected chi connectivity index (χ4v) is 1.93. The predicted molar refractivity (Wildman–Crippen MR) is 78.5 cm³/mol. The zero-order valence-electron chi connectivity index (χ0n) is 10.8. The Kier molecular flexibility index (Phi) is 5.23. The highest BCUT2D eigenvalue weighted by molar-refractivity contribution is 7.85. The van der Waals surface area contributed by atoms with Gasteiger partial charge in [0.2, 0.25) is 0 Å². The lowest BCUT2D eigenvalue weighted by Crippen LogP contribution is -2.21. The van der Waals surface area contributed by atoms with Gasteiger partial charge in [-0.2, -0.15) is 4.40 Å². The van der Waals surface area contributed by atoms with E-state index in [9.17, 15) is 4.21 Å². The summed E-state index contributed by atoms with van der Waals surface area (Å²) < 4.78 is 15.9. The Morgan fingerprint density at radius 2 is 2.28 bits per heavy atom. The Hall–Kier alpha value is -1.00. The lowest BCUT2D eigenvalue weighted by atomic mass is 10.2. The topological polar surface area (TPSA) is 42.3 Å². The van der Waals surface area contributed by atoms with Crippen molar-refractivity contribution in [1.29, 1.82) is 0 Å². The monoisotopic (exact) mass is 284 g/mol. The highest BCUT2D eigenvalue weighted by Crippen LogP contribution is 2.16. The maximum Gasteiger partial charge on any atom is 0.145 e. The second kappa shape index (κ2) is 6.25. The molecule has 0 aliphatic rings. The quantitative estimate of drug-likeness (QED) is 0.627. The number of aromatic nitrogens is 1. The summed E-state index contributed by atoms with van der Waals surface area (Å²) in [6, 6.07) is 3.40. The van der Waals surface area contributed by atoms with Crippen LogP contribution in [0.25, 0.3) is 0 Å². The summed E-state index contributed by atoms with van der Waals surface area (Å²) >= 11 is 5.92. The van der Waals surface area contributed by atoms with Crippen LogP contribution in [-0.2, 0) is 11.0 Å². The first kappa shape index (κ1) is 15.1. The predicted octanol–water partition coefficient (Wildman–Crippen LogP) is 3.56. The third-order valence-electron chi connectivity index (χ3n) is 2.07. The zero-order valence-corrected chi connectivity index (χ0v) is 12.4. The SMILES string of the molecule is C=CCC(=N[S@@](=O)C(C)(C)C)c1cc(Cl)ccn1. The van der Waals surface area contributed by atoms with Crippen LogP contribution in [0.3, 0.4) is 0 Å². The molecular formula is C13H17ClN2OS. The van der Waals surface area contributed by atoms with Crippen LogP contribution in [-0.4, -0.2) is 19.7 Å². The average molecular weight is 285 g/mol. The first-order chi connectivity index (χ1) is 8.34. The first-order valence-electron chi connectivity index (χ1n) is 5.57. The molecule has 0 aromatic carbocycles. The van der Waals surface area contributed by atoms with Gasteiger partial charge in [0, 0.05) is 17.6 Å². The van der Waals surface area contributed by atoms with Gasteiger partial charge >= 0.3 is 0 Å². The third kappa shape index (κ3) is 4.35. The molecule has 0 aliphatic heterocycles. The van der Waals surface area contributed by atoms with Crippen molar-refractivity contribution < 1.29 is 4.21 Å². The number of hydrogen-bond donors (Lipinski definition) is 0. The molecule has 1 aromatic heterocycles. The van der Waals surface area contributed by atoms with Crippen LogP contribution in [0.1, 0.15) is 32.9 Å². The molecule has 0 spiro atoms. The van der Waals surface area contributed by atoms with Crippen LogP contribution in [0.15, 0.2) is 35.4 Å². The van der Waals surface area contributed by atoms with E-state index in [0.29, 0.717) is 22.8 Å². The molecule has 0 saturated heterocycles. The normalized spacial score (nSPS) is 14.3. The summed E-state index contributed by atoms with van der Waals surface area (Å²) in [6.07, 6.45) is 3.83. The number of allylic oxidation sites excluding steroid dienone is 1. The van der Waals surface area contributed by atoms with Gasteiger partial charge in [0.15, 0.2) is 0 Å². The summed E-state index contributed by atoms with van der Waals surface area (Å²) in [5.41, 5.74) is 1.28. The molecule has 0 N–H and O–H groups in total. The molecule has 0 bridgehead atoms. The number of halogens is 1. The van der Waals surface area contributed by atoms with Crippen LogP contribution < -0.4 is 0 Å². The zero-order chi connectivity index (χ0) is 13.8. The van der Waals surface area contributed by atoms with Crippen LogP contribution in [0.5, 0.6) is 0 Å². The minimum absolute atomic E-state index is 0.398. The molecule has 0 aliphatic carbocycles. The molecule has 1 aromatic rings. The van der Waals surface area contributed by atoms with Gasteiger partial charge in [0.05, 0.1) is 16.2 Å². The molecule has 5 heteroatoms. The van der Waals surface area contributed by atoms with Crippen molar-refractivity contribution in [1.82, 2.24) is 4.98 Å². The maximum absolute atomic E-state index is 12.0. The molecule has 18 heavy (non-hydrogen) atoms. The van der Waals surface area contributed by atoms with Crippen LogP contribution in [0.2, 0.25) is 5.02 Å². The molecule has 0 saturated carbocycles. The molecule has 0 radical (unpaired) electrons. The van der Waals surface area contributed by atoms with Gasteiger partial charge in [-0.1, -0.05) is 17.7 Å². The average Bonchev–Trinajstić information content (AvgIpc) is 2.27. The Morgan fingerprint density at radius 3 is 2.78 bits per heavy atom. The van der Waals surface area contributed by atoms with Crippen molar-refractivity contribution in [3.63, 3.8) is 0 Å². The van der Waals surface area contributed by atoms with Gasteiger partial charge in [-0.15, -0.1) is 6.58 Å². The lowest BCUT2D eigenvalue weighted by Gasteiger charge is -2.14. The summed E-state index contributed by atoms with van der Waals surface area (Å²) in [6.45, 7) is 9.31. The Labute approximate surface area is 116 Å². The van der Waals surface area contributed by atoms with Crippen molar-refractivity contribution in [2.75, 3.05) is 0 Å². The van der Waals surface area contributed by atoms with E-state index in [1.807, 2.05) is 20.8 Å². The second-order valence-corrected chi connectivity index (χ2v) is 7.09. The van der Waals surface area contributed by atoms with Gasteiger partial charge in [-0.25, -0.2) is 4.21 Å². The number of rotatable bonds is 4. The largest absolute Gasteiger partial charge is 0.255 e. The van der Waals surface area contributed by atoms with Crippen molar-refractivity contribution in [3.8, 4) is 0 Å². The van der Waals surface area contributed by atoms with Crippen molar-refractivity contribution in [2.45, 2.75) is 31.9 Å². The maximum atomic E-state index is 12.0. The molecular weight excluding hydrogens is 268 g/mol. The number of pyridine rings is 1. The molecule has 1 atom stereocenters. The van der Waals surface area contributed by atoms with Gasteiger partial charge in [-0.3, -0.25) is 4.98 Å². The van der Waals surface area contributed by atoms with E-state index in [2.05, 4.69) is 16.0 Å². The van der Waals surface area contributed by atoms with E-state index in [1.165, 1.54) is 0 Å². The Bertz CT molecular complexity index is 492. The minimum atomic E-state index is -1.32. The molecule has 1 heterocycles. The van der Waals surface area contributed by atoms with E-state index in [-0.39, 0.29) is 0 Å². The van der Waals surface area contributed by atoms with E-state index in [1.54, 1.807) is 24.4 Å². The van der Waals surface area contributed by atoms with E-state index in [4.69, 9.17) is 11.6 Å². The van der Waals surface area contributed by atoms with Gasteiger partial charge in [0.1, 0.15) is 11.0 Å². The number of nitrogens with zero attached hydrogens (tertiary/aromatic N) is 2. The van der Waals surface area contributed by atoms with Crippen LogP contribution in [0, 0.1) is 0 Å². The van der Waals surface area contributed by atoms with Crippen LogP contribution >= 0.6 is 11.6 Å². The fourth-order valence-electron chi connectivity index (χ4n) is 1.12. The standard InChI is InChI=1S/C13H17ClN2OS/c1-5-6-11(16-18(17)13(2,3)4)12-9-10(14)7-8-15-12/h5,7-9H,1,6H2,2-4H3/t18-/m0/s1. The lowest BCUT2D eigenvalue weighted by molar-refractivity contribution is 0.650. The van der Waals surface area contributed by atoms with Crippen molar-refractivity contribution in [2.24, 2.45) is 4.40 Å². The van der Waals surface area contributed by atoms with E-state index < -0.39 is 15.7 Å². The molecule has 3 nitrogen and oxygen atoms in total. The molecule has 1 rings (SSSR count). The summed E-state index contributed by atoms with van der Waals surface area (Å²) in [5, 5.41) is 0.582. The molecule has 0 fully saturated rings. The minimum Gasteiger partial charge on any atom is -0.255 e. The number of hydrogen-bond acceptors (Lipinski definition) is 2. The van der Waals surface area contributed by atoms with E-state index in [0.717, 1.165) is 0 Å². The van der Waals surface area contributed by atoms with Crippen molar-refractivity contribution >= 4 is 28.3 Å². The second-order valence-electron chi connectivity index (χ2n) is 4.75. The third-order valence-corrected chi connectivity index (χ3v) is 3.74. The van der Waals surface area contributed by atoms with Gasteiger partial charge in [-0.05, 0) is 32.9 Å². The van der Waals surface area contributed by atoms with E-state index >= 15 is 0 Å². The highest BCUT2D eigenvalue weighted by Gasteiger charge is 2.20. The summed E-state index contributed by atoms with van der Waals surface area (Å²) in [4.78, 5) is 4.20. The highest BCUT2D eigenvalue weighted by atomic mass is 35.5. The Balaban J connectivity index is 3.14. The van der Waals surface area contributed by atoms with Crippen molar-refractivity contribution in [3.05, 3.63) is 41.7 Å². The first-order valence-corrected chi connectivity index (χ1v) is 7.05. The van der Waals surface area contributed by atoms with Gasteiger partial charge in [0.25, 0.3) is 0 Å². The van der Waals surface area contributed by atoms with Gasteiger partial charge < -0.3 is 0 Å². The summed E-state index contributed by atoms with van der Waals surface area (Å²) in [5.74, 6) is 0. The molecule has 98 valence electrons. The smallest absolute Gasteiger partial charge is 0.145 e.